The summed E-state index contributed by atoms with van der Waals surface area (Å²) < 4.78 is 42.0. The monoisotopic (exact) mass is 428 g/mol. The summed E-state index contributed by atoms with van der Waals surface area (Å²) in [6, 6.07) is 11.8. The second-order valence-electron chi connectivity index (χ2n) is 6.80. The van der Waals surface area contributed by atoms with E-state index in [2.05, 4.69) is 19.6 Å². The van der Waals surface area contributed by atoms with Gasteiger partial charge in [0.25, 0.3) is 5.91 Å². The van der Waals surface area contributed by atoms with Gasteiger partial charge in [-0.3, -0.25) is 4.79 Å². The lowest BCUT2D eigenvalue weighted by atomic mass is 10.1. The number of alkyl halides is 3. The number of halogens is 3. The van der Waals surface area contributed by atoms with Gasteiger partial charge in [-0.1, -0.05) is 11.2 Å². The molecule has 2 aromatic heterocycles. The molecular formula is C20H15F3N6O2. The van der Waals surface area contributed by atoms with Crippen LogP contribution in [-0.4, -0.2) is 52.1 Å². The fourth-order valence-electron chi connectivity index (χ4n) is 3.20. The summed E-state index contributed by atoms with van der Waals surface area (Å²) in [7, 11) is 0. The second-order valence-corrected chi connectivity index (χ2v) is 6.80. The zero-order valence-corrected chi connectivity index (χ0v) is 16.0. The van der Waals surface area contributed by atoms with Crippen LogP contribution in [0.5, 0.6) is 0 Å². The smallest absolute Gasteiger partial charge is 0.353 e. The number of hydrogen-bond acceptors (Lipinski definition) is 7. The Balaban J connectivity index is 1.39. The molecule has 0 saturated carbocycles. The molecule has 1 aromatic carbocycles. The summed E-state index contributed by atoms with van der Waals surface area (Å²) in [5, 5.41) is 12.3. The maximum absolute atomic E-state index is 12.7. The topological polar surface area (TPSA) is 99.2 Å². The van der Waals surface area contributed by atoms with Gasteiger partial charge in [0.05, 0.1) is 11.6 Å². The molecule has 1 aliphatic rings. The van der Waals surface area contributed by atoms with Gasteiger partial charge in [-0.25, -0.2) is 4.98 Å². The fourth-order valence-corrected chi connectivity index (χ4v) is 3.20. The maximum atomic E-state index is 12.7. The summed E-state index contributed by atoms with van der Waals surface area (Å²) in [4.78, 5) is 24.0. The van der Waals surface area contributed by atoms with Gasteiger partial charge in [-0.15, -0.1) is 0 Å². The van der Waals surface area contributed by atoms with E-state index >= 15 is 0 Å². The Bertz CT molecular complexity index is 1130. The Kier molecular flexibility index (Phi) is 5.29. The van der Waals surface area contributed by atoms with Crippen molar-refractivity contribution in [1.82, 2.24) is 20.0 Å². The molecule has 0 aliphatic carbocycles. The van der Waals surface area contributed by atoms with Gasteiger partial charge in [0.15, 0.2) is 0 Å². The van der Waals surface area contributed by atoms with Crippen LogP contribution < -0.4 is 4.90 Å². The Morgan fingerprint density at radius 1 is 1.13 bits per heavy atom. The van der Waals surface area contributed by atoms with Crippen LogP contribution in [0.15, 0.2) is 47.1 Å². The minimum atomic E-state index is -4.70. The van der Waals surface area contributed by atoms with Crippen molar-refractivity contribution < 1.29 is 22.5 Å². The predicted molar refractivity (Wildman–Crippen MR) is 102 cm³/mol. The number of carbonyl (C=O) groups is 1. The number of hydrogen-bond donors (Lipinski definition) is 0. The molecule has 4 rings (SSSR count). The van der Waals surface area contributed by atoms with Crippen molar-refractivity contribution in [2.24, 2.45) is 0 Å². The standard InChI is InChI=1S/C20H15F3N6O2/c21-20(22,23)19-26-17(27-31-19)15-4-5-16(25-12-15)28-6-8-29(9-7-28)18(30)14-3-1-2-13(10-14)11-24/h1-5,10,12H,6-9H2. The van der Waals surface area contributed by atoms with Crippen molar-refractivity contribution in [1.29, 1.82) is 5.26 Å². The Hall–Kier alpha value is -3.94. The third kappa shape index (κ3) is 4.32. The average Bonchev–Trinajstić information content (AvgIpc) is 3.30. The number of benzene rings is 1. The summed E-state index contributed by atoms with van der Waals surface area (Å²) in [5.74, 6) is -1.12. The number of pyridine rings is 1. The first kappa shape index (κ1) is 20.3. The number of amides is 1. The summed E-state index contributed by atoms with van der Waals surface area (Å²) >= 11 is 0. The maximum Gasteiger partial charge on any atom is 0.471 e. The van der Waals surface area contributed by atoms with E-state index < -0.39 is 12.1 Å². The number of nitriles is 1. The molecule has 0 bridgehead atoms. The highest BCUT2D eigenvalue weighted by Gasteiger charge is 2.38. The molecule has 0 radical (unpaired) electrons. The zero-order valence-electron chi connectivity index (χ0n) is 16.0. The molecule has 1 aliphatic heterocycles. The van der Waals surface area contributed by atoms with Gasteiger partial charge in [0, 0.05) is 43.5 Å². The first-order valence-corrected chi connectivity index (χ1v) is 9.27. The molecule has 3 aromatic rings. The normalized spacial score (nSPS) is 14.4. The van der Waals surface area contributed by atoms with E-state index in [-0.39, 0.29) is 11.7 Å². The molecule has 8 nitrogen and oxygen atoms in total. The van der Waals surface area contributed by atoms with E-state index in [9.17, 15) is 18.0 Å². The molecule has 0 unspecified atom stereocenters. The number of piperazine rings is 1. The van der Waals surface area contributed by atoms with E-state index in [0.717, 1.165) is 0 Å². The van der Waals surface area contributed by atoms with E-state index in [1.54, 1.807) is 41.3 Å². The quantitative estimate of drug-likeness (QED) is 0.632. The molecule has 31 heavy (non-hydrogen) atoms. The van der Waals surface area contributed by atoms with Crippen LogP contribution in [0.3, 0.4) is 0 Å². The van der Waals surface area contributed by atoms with Gasteiger partial charge >= 0.3 is 12.1 Å². The lowest BCUT2D eigenvalue weighted by Crippen LogP contribution is -2.49. The molecule has 1 fully saturated rings. The van der Waals surface area contributed by atoms with Crippen molar-refractivity contribution in [2.75, 3.05) is 31.1 Å². The highest BCUT2D eigenvalue weighted by Crippen LogP contribution is 2.29. The second kappa shape index (κ2) is 8.06. The van der Waals surface area contributed by atoms with Gasteiger partial charge in [0.1, 0.15) is 5.82 Å². The SMILES string of the molecule is N#Cc1cccc(C(=O)N2CCN(c3ccc(-c4noc(C(F)(F)F)n4)cn3)CC2)c1. The number of rotatable bonds is 3. The first-order chi connectivity index (χ1) is 14.8. The van der Waals surface area contributed by atoms with Crippen molar-refractivity contribution in [3.63, 3.8) is 0 Å². The fraction of sp³-hybridized carbons (Fsp3) is 0.250. The molecular weight excluding hydrogens is 413 g/mol. The van der Waals surface area contributed by atoms with Crippen molar-refractivity contribution in [2.45, 2.75) is 6.18 Å². The summed E-state index contributed by atoms with van der Waals surface area (Å²) in [5.41, 5.74) is 1.19. The van der Waals surface area contributed by atoms with Crippen LogP contribution in [0.1, 0.15) is 21.8 Å². The number of carbonyl (C=O) groups excluding carboxylic acids is 1. The average molecular weight is 428 g/mol. The van der Waals surface area contributed by atoms with Gasteiger partial charge in [0.2, 0.25) is 5.82 Å². The van der Waals surface area contributed by atoms with Crippen LogP contribution in [-0.2, 0) is 6.18 Å². The number of nitrogens with zero attached hydrogens (tertiary/aromatic N) is 6. The van der Waals surface area contributed by atoms with E-state index in [1.165, 1.54) is 6.20 Å². The summed E-state index contributed by atoms with van der Waals surface area (Å²) in [6.07, 6.45) is -3.32. The predicted octanol–water partition coefficient (Wildman–Crippen LogP) is 2.98. The Morgan fingerprint density at radius 2 is 1.90 bits per heavy atom. The summed E-state index contributed by atoms with van der Waals surface area (Å²) in [6.45, 7) is 2.02. The molecule has 1 saturated heterocycles. The highest BCUT2D eigenvalue weighted by molar-refractivity contribution is 5.94. The van der Waals surface area contributed by atoms with E-state index in [4.69, 9.17) is 5.26 Å². The Labute approximate surface area is 174 Å². The lowest BCUT2D eigenvalue weighted by Gasteiger charge is -2.35. The molecule has 0 spiro atoms. The van der Waals surface area contributed by atoms with E-state index in [0.29, 0.717) is 48.7 Å². The Morgan fingerprint density at radius 3 is 2.52 bits per heavy atom. The molecule has 3 heterocycles. The van der Waals surface area contributed by atoms with Crippen LogP contribution in [0.2, 0.25) is 0 Å². The van der Waals surface area contributed by atoms with Gasteiger partial charge in [-0.05, 0) is 30.3 Å². The third-order valence-corrected chi connectivity index (χ3v) is 4.80. The van der Waals surface area contributed by atoms with Gasteiger partial charge in [-0.2, -0.15) is 23.4 Å². The van der Waals surface area contributed by atoms with Crippen molar-refractivity contribution >= 4 is 11.7 Å². The van der Waals surface area contributed by atoms with Crippen molar-refractivity contribution in [3.8, 4) is 17.5 Å². The molecule has 158 valence electrons. The molecule has 0 atom stereocenters. The number of aromatic nitrogens is 3. The van der Waals surface area contributed by atoms with Crippen LogP contribution in [0, 0.1) is 11.3 Å². The highest BCUT2D eigenvalue weighted by atomic mass is 19.4. The minimum absolute atomic E-state index is 0.141. The molecule has 1 amide bonds. The van der Waals surface area contributed by atoms with Crippen molar-refractivity contribution in [3.05, 3.63) is 59.6 Å². The minimum Gasteiger partial charge on any atom is -0.353 e. The molecule has 0 N–H and O–H groups in total. The molecule has 11 heteroatoms. The van der Waals surface area contributed by atoms with E-state index in [1.807, 2.05) is 11.0 Å². The van der Waals surface area contributed by atoms with Crippen LogP contribution in [0.4, 0.5) is 19.0 Å². The number of anilines is 1. The van der Waals surface area contributed by atoms with Crippen LogP contribution >= 0.6 is 0 Å². The zero-order chi connectivity index (χ0) is 22.0. The largest absolute Gasteiger partial charge is 0.471 e. The third-order valence-electron chi connectivity index (χ3n) is 4.80. The first-order valence-electron chi connectivity index (χ1n) is 9.27. The van der Waals surface area contributed by atoms with Gasteiger partial charge < -0.3 is 14.3 Å². The van der Waals surface area contributed by atoms with Crippen LogP contribution in [0.25, 0.3) is 11.4 Å². The lowest BCUT2D eigenvalue weighted by molar-refractivity contribution is -0.159.